The summed E-state index contributed by atoms with van der Waals surface area (Å²) in [5, 5.41) is 13.9. The molecular weight excluding hydrogens is 375 g/mol. The van der Waals surface area contributed by atoms with Crippen LogP contribution < -0.4 is 10.8 Å². The number of nitrogens with one attached hydrogen (secondary N) is 1. The number of hydrogen-bond donors (Lipinski definition) is 1. The quantitative estimate of drug-likeness (QED) is 0.469. The molecule has 1 saturated heterocycles. The Hall–Kier alpha value is -2.91. The van der Waals surface area contributed by atoms with Crippen LogP contribution in [0.25, 0.3) is 0 Å². The summed E-state index contributed by atoms with van der Waals surface area (Å²) in [6.07, 6.45) is -0.714. The molecule has 1 aliphatic rings. The Balaban J connectivity index is 1.77. The lowest BCUT2D eigenvalue weighted by Gasteiger charge is -2.32. The molecule has 0 spiro atoms. The van der Waals surface area contributed by atoms with E-state index in [1.807, 2.05) is 58.0 Å². The molecule has 0 unspecified atom stereocenters. The maximum absolute atomic E-state index is 12.1. The number of nitrogens with zero attached hydrogens (tertiary/aromatic N) is 1. The molecule has 1 amide bonds. The third-order valence-electron chi connectivity index (χ3n) is 5.14. The maximum atomic E-state index is 12.1. The minimum absolute atomic E-state index is 0.0890. The standard InChI is InChI=1S/C20H23BN2O6/c1-19(2)20(3,4)29-21(28-19)15-10-16(12-17(11-15)23(25)26)22-18(24)27-13-14-8-6-5-7-9-14/h5-12H,13H2,1-4H3,(H,22,24). The molecule has 0 radical (unpaired) electrons. The Labute approximate surface area is 169 Å². The van der Waals surface area contributed by atoms with E-state index >= 15 is 0 Å². The average molecular weight is 398 g/mol. The zero-order valence-corrected chi connectivity index (χ0v) is 16.8. The number of non-ortho nitro benzene ring substituents is 1. The van der Waals surface area contributed by atoms with Crippen molar-refractivity contribution in [1.82, 2.24) is 0 Å². The molecule has 1 heterocycles. The van der Waals surface area contributed by atoms with E-state index in [0.29, 0.717) is 5.46 Å². The summed E-state index contributed by atoms with van der Waals surface area (Å²) in [7, 11) is -0.791. The molecule has 0 aromatic heterocycles. The lowest BCUT2D eigenvalue weighted by atomic mass is 9.78. The SMILES string of the molecule is CC1(C)OB(c2cc(NC(=O)OCc3ccccc3)cc([N+](=O)[O-])c2)OC1(C)C. The third kappa shape index (κ3) is 4.75. The maximum Gasteiger partial charge on any atom is 0.495 e. The minimum Gasteiger partial charge on any atom is -0.444 e. The second kappa shape index (κ2) is 7.84. The predicted molar refractivity (Wildman–Crippen MR) is 109 cm³/mol. The van der Waals surface area contributed by atoms with E-state index in [0.717, 1.165) is 5.56 Å². The van der Waals surface area contributed by atoms with E-state index in [2.05, 4.69) is 5.32 Å². The number of anilines is 1. The second-order valence-electron chi connectivity index (χ2n) is 7.85. The van der Waals surface area contributed by atoms with Crippen molar-refractivity contribution < 1.29 is 23.8 Å². The number of carbonyl (C=O) groups excluding carboxylic acids is 1. The molecule has 152 valence electrons. The molecule has 8 nitrogen and oxygen atoms in total. The second-order valence-corrected chi connectivity index (χ2v) is 7.85. The lowest BCUT2D eigenvalue weighted by Crippen LogP contribution is -2.41. The number of hydrogen-bond acceptors (Lipinski definition) is 6. The van der Waals surface area contributed by atoms with Gasteiger partial charge >= 0.3 is 13.2 Å². The normalized spacial score (nSPS) is 17.0. The Morgan fingerprint density at radius 3 is 2.31 bits per heavy atom. The first-order valence-electron chi connectivity index (χ1n) is 9.20. The molecule has 1 fully saturated rings. The molecule has 1 aliphatic heterocycles. The first kappa shape index (κ1) is 20.8. The number of carbonyl (C=O) groups is 1. The Morgan fingerprint density at radius 1 is 1.10 bits per heavy atom. The third-order valence-corrected chi connectivity index (χ3v) is 5.14. The fourth-order valence-electron chi connectivity index (χ4n) is 2.80. The first-order chi connectivity index (χ1) is 13.6. The summed E-state index contributed by atoms with van der Waals surface area (Å²) in [4.78, 5) is 23.0. The number of nitro groups is 1. The minimum atomic E-state index is -0.791. The van der Waals surface area contributed by atoms with Crippen molar-refractivity contribution in [3.8, 4) is 0 Å². The number of rotatable bonds is 5. The topological polar surface area (TPSA) is 99.9 Å². The van der Waals surface area contributed by atoms with Gasteiger partial charge in [0.2, 0.25) is 0 Å². The van der Waals surface area contributed by atoms with Crippen molar-refractivity contribution in [2.45, 2.75) is 45.5 Å². The highest BCUT2D eigenvalue weighted by molar-refractivity contribution is 6.62. The van der Waals surface area contributed by atoms with Crippen LogP contribution in [0.1, 0.15) is 33.3 Å². The molecule has 2 aromatic carbocycles. The van der Waals surface area contributed by atoms with Crippen LogP contribution in [0.4, 0.5) is 16.2 Å². The van der Waals surface area contributed by atoms with Crippen LogP contribution in [0.15, 0.2) is 48.5 Å². The number of ether oxygens (including phenoxy) is 1. The fraction of sp³-hybridized carbons (Fsp3) is 0.350. The van der Waals surface area contributed by atoms with Crippen molar-refractivity contribution in [3.05, 3.63) is 64.2 Å². The van der Waals surface area contributed by atoms with Crippen molar-refractivity contribution >= 4 is 30.0 Å². The van der Waals surface area contributed by atoms with Gasteiger partial charge in [0.05, 0.1) is 21.8 Å². The number of benzene rings is 2. The van der Waals surface area contributed by atoms with Crippen LogP contribution >= 0.6 is 0 Å². The summed E-state index contributed by atoms with van der Waals surface area (Å²) < 4.78 is 17.1. The van der Waals surface area contributed by atoms with E-state index in [4.69, 9.17) is 14.0 Å². The van der Waals surface area contributed by atoms with E-state index in [9.17, 15) is 14.9 Å². The van der Waals surface area contributed by atoms with Crippen molar-refractivity contribution in [2.24, 2.45) is 0 Å². The van der Waals surface area contributed by atoms with Crippen molar-refractivity contribution in [1.29, 1.82) is 0 Å². The van der Waals surface area contributed by atoms with Crippen LogP contribution in [0.3, 0.4) is 0 Å². The summed E-state index contributed by atoms with van der Waals surface area (Å²) in [5.41, 5.74) is 0.128. The van der Waals surface area contributed by atoms with Crippen LogP contribution in [0.5, 0.6) is 0 Å². The van der Waals surface area contributed by atoms with E-state index < -0.39 is 29.3 Å². The van der Waals surface area contributed by atoms with Gasteiger partial charge < -0.3 is 14.0 Å². The van der Waals surface area contributed by atoms with Gasteiger partial charge in [-0.1, -0.05) is 30.3 Å². The van der Waals surface area contributed by atoms with Gasteiger partial charge in [0.25, 0.3) is 5.69 Å². The largest absolute Gasteiger partial charge is 0.495 e. The number of amides is 1. The number of nitro benzene ring substituents is 1. The van der Waals surface area contributed by atoms with Crippen LogP contribution in [0.2, 0.25) is 0 Å². The van der Waals surface area contributed by atoms with Gasteiger partial charge in [0, 0.05) is 12.1 Å². The molecular formula is C20H23BN2O6. The molecule has 0 bridgehead atoms. The lowest BCUT2D eigenvalue weighted by molar-refractivity contribution is -0.384. The van der Waals surface area contributed by atoms with Gasteiger partial charge in [-0.2, -0.15) is 0 Å². The van der Waals surface area contributed by atoms with Crippen LogP contribution in [0, 0.1) is 10.1 Å². The van der Waals surface area contributed by atoms with Crippen molar-refractivity contribution in [2.75, 3.05) is 5.32 Å². The zero-order valence-electron chi connectivity index (χ0n) is 16.8. The molecule has 1 N–H and O–H groups in total. The van der Waals surface area contributed by atoms with Gasteiger partial charge in [-0.05, 0) is 44.8 Å². The molecule has 0 saturated carbocycles. The predicted octanol–water partition coefficient (Wildman–Crippen LogP) is 3.64. The summed E-state index contributed by atoms with van der Waals surface area (Å²) in [6, 6.07) is 13.4. The Kier molecular flexibility index (Phi) is 5.63. The Bertz CT molecular complexity index is 900. The Morgan fingerprint density at radius 2 is 1.72 bits per heavy atom. The highest BCUT2D eigenvalue weighted by atomic mass is 16.7. The zero-order chi connectivity index (χ0) is 21.2. The van der Waals surface area contributed by atoms with E-state index in [1.165, 1.54) is 12.1 Å². The van der Waals surface area contributed by atoms with Crippen molar-refractivity contribution in [3.63, 3.8) is 0 Å². The van der Waals surface area contributed by atoms with Crippen LogP contribution in [-0.4, -0.2) is 29.3 Å². The molecule has 29 heavy (non-hydrogen) atoms. The van der Waals surface area contributed by atoms with Crippen LogP contribution in [-0.2, 0) is 20.7 Å². The molecule has 0 aliphatic carbocycles. The van der Waals surface area contributed by atoms with E-state index in [1.54, 1.807) is 6.07 Å². The molecule has 3 rings (SSSR count). The monoisotopic (exact) mass is 398 g/mol. The highest BCUT2D eigenvalue weighted by Gasteiger charge is 2.52. The van der Waals surface area contributed by atoms with Gasteiger partial charge in [0.1, 0.15) is 6.61 Å². The molecule has 2 aromatic rings. The summed E-state index contributed by atoms with van der Waals surface area (Å²) >= 11 is 0. The van der Waals surface area contributed by atoms with Gasteiger partial charge in [-0.25, -0.2) is 4.79 Å². The van der Waals surface area contributed by atoms with Gasteiger partial charge in [-0.15, -0.1) is 0 Å². The van der Waals surface area contributed by atoms with E-state index in [-0.39, 0.29) is 18.0 Å². The highest BCUT2D eigenvalue weighted by Crippen LogP contribution is 2.36. The summed E-state index contributed by atoms with van der Waals surface area (Å²) in [6.45, 7) is 7.66. The van der Waals surface area contributed by atoms with Gasteiger partial charge in [-0.3, -0.25) is 15.4 Å². The smallest absolute Gasteiger partial charge is 0.444 e. The molecule has 9 heteroatoms. The summed E-state index contributed by atoms with van der Waals surface area (Å²) in [5.74, 6) is 0. The first-order valence-corrected chi connectivity index (χ1v) is 9.20. The average Bonchev–Trinajstić information content (AvgIpc) is 2.88. The fourth-order valence-corrected chi connectivity index (χ4v) is 2.80. The molecule has 0 atom stereocenters. The van der Waals surface area contributed by atoms with Gasteiger partial charge in [0.15, 0.2) is 0 Å².